The van der Waals surface area contributed by atoms with E-state index >= 15 is 0 Å². The second-order valence-corrected chi connectivity index (χ2v) is 6.38. The molecule has 0 saturated carbocycles. The molecule has 1 fully saturated rings. The van der Waals surface area contributed by atoms with E-state index in [1.165, 1.54) is 5.69 Å². The number of halogens is 1. The molecule has 1 aromatic heterocycles. The molecule has 4 heteroatoms. The highest BCUT2D eigenvalue weighted by Gasteiger charge is 2.18. The second-order valence-electron chi connectivity index (χ2n) is 6.38. The van der Waals surface area contributed by atoms with Gasteiger partial charge < -0.3 is 9.47 Å². The van der Waals surface area contributed by atoms with Gasteiger partial charge in [0.2, 0.25) is 0 Å². The first-order valence-electron chi connectivity index (χ1n) is 7.75. The van der Waals surface area contributed by atoms with Crippen LogP contribution in [0.5, 0.6) is 0 Å². The Hall–Kier alpha value is -1.39. The Morgan fingerprint density at radius 1 is 1.10 bits per heavy atom. The number of nitrogens with zero attached hydrogens (tertiary/aromatic N) is 3. The van der Waals surface area contributed by atoms with Crippen molar-refractivity contribution >= 4 is 10.9 Å². The Morgan fingerprint density at radius 3 is 2.48 bits per heavy atom. The molecule has 0 amide bonds. The Bertz CT molecular complexity index is 624. The molecule has 1 aliphatic rings. The van der Waals surface area contributed by atoms with E-state index in [0.29, 0.717) is 6.04 Å². The molecule has 0 unspecified atom stereocenters. The van der Waals surface area contributed by atoms with Crippen molar-refractivity contribution in [1.29, 1.82) is 0 Å². The number of likely N-dealkylation sites (N-methyl/N-ethyl adjacent to an activating group) is 1. The number of hydrogen-bond acceptors (Lipinski definition) is 2. The molecule has 0 aliphatic carbocycles. The van der Waals surface area contributed by atoms with Gasteiger partial charge in [0, 0.05) is 49.8 Å². The predicted octanol–water partition coefficient (Wildman–Crippen LogP) is 3.11. The first-order valence-corrected chi connectivity index (χ1v) is 7.75. The van der Waals surface area contributed by atoms with Gasteiger partial charge in [0.1, 0.15) is 5.82 Å². The number of hydrogen-bond donors (Lipinski definition) is 0. The number of aromatic nitrogens is 1. The second kappa shape index (κ2) is 5.78. The van der Waals surface area contributed by atoms with Crippen LogP contribution in [0.3, 0.4) is 0 Å². The summed E-state index contributed by atoms with van der Waals surface area (Å²) in [6.07, 6.45) is 0. The van der Waals surface area contributed by atoms with Crippen LogP contribution >= 0.6 is 0 Å². The van der Waals surface area contributed by atoms with Gasteiger partial charge in [-0.05, 0) is 45.2 Å². The van der Waals surface area contributed by atoms with Gasteiger partial charge in [0.15, 0.2) is 0 Å². The maximum atomic E-state index is 13.6. The van der Waals surface area contributed by atoms with Crippen LogP contribution in [0, 0.1) is 5.82 Å². The van der Waals surface area contributed by atoms with Crippen molar-refractivity contribution in [3.63, 3.8) is 0 Å². The SMILES string of the molecule is CC(C)n1c(CN2CCN(C)CC2)cc2ccc(F)cc21. The van der Waals surface area contributed by atoms with Crippen molar-refractivity contribution in [3.8, 4) is 0 Å². The summed E-state index contributed by atoms with van der Waals surface area (Å²) in [5.41, 5.74) is 2.30. The summed E-state index contributed by atoms with van der Waals surface area (Å²) >= 11 is 0. The van der Waals surface area contributed by atoms with Crippen molar-refractivity contribution in [3.05, 3.63) is 35.8 Å². The van der Waals surface area contributed by atoms with E-state index in [1.54, 1.807) is 12.1 Å². The van der Waals surface area contributed by atoms with E-state index in [2.05, 4.69) is 41.3 Å². The van der Waals surface area contributed by atoms with Gasteiger partial charge in [0.25, 0.3) is 0 Å². The summed E-state index contributed by atoms with van der Waals surface area (Å²) in [6.45, 7) is 9.72. The minimum Gasteiger partial charge on any atom is -0.341 e. The monoisotopic (exact) mass is 289 g/mol. The van der Waals surface area contributed by atoms with Gasteiger partial charge in [0.05, 0.1) is 5.52 Å². The molecule has 0 spiro atoms. The van der Waals surface area contributed by atoms with E-state index in [4.69, 9.17) is 0 Å². The molecule has 0 radical (unpaired) electrons. The third-order valence-corrected chi connectivity index (χ3v) is 4.38. The van der Waals surface area contributed by atoms with Crippen LogP contribution in [0.4, 0.5) is 4.39 Å². The molecular formula is C17H24FN3. The van der Waals surface area contributed by atoms with Crippen molar-refractivity contribution < 1.29 is 4.39 Å². The minimum atomic E-state index is -0.159. The van der Waals surface area contributed by atoms with Crippen LogP contribution < -0.4 is 0 Å². The van der Waals surface area contributed by atoms with Crippen LogP contribution in [0.1, 0.15) is 25.6 Å². The molecule has 1 saturated heterocycles. The number of fused-ring (bicyclic) bond motifs is 1. The average molecular weight is 289 g/mol. The van der Waals surface area contributed by atoms with Gasteiger partial charge in [-0.3, -0.25) is 4.90 Å². The van der Waals surface area contributed by atoms with Gasteiger partial charge in [-0.25, -0.2) is 4.39 Å². The Labute approximate surface area is 125 Å². The Kier molecular flexibility index (Phi) is 4.00. The highest BCUT2D eigenvalue weighted by Crippen LogP contribution is 2.26. The highest BCUT2D eigenvalue weighted by atomic mass is 19.1. The fraction of sp³-hybridized carbons (Fsp3) is 0.529. The number of piperazine rings is 1. The molecule has 1 aromatic carbocycles. The standard InChI is InChI=1S/C17H24FN3/c1-13(2)21-16(12-20-8-6-19(3)7-9-20)10-14-4-5-15(18)11-17(14)21/h4-5,10-11,13H,6-9,12H2,1-3H3. The maximum Gasteiger partial charge on any atom is 0.125 e. The summed E-state index contributed by atoms with van der Waals surface area (Å²) in [7, 11) is 2.17. The van der Waals surface area contributed by atoms with E-state index < -0.39 is 0 Å². The van der Waals surface area contributed by atoms with Gasteiger partial charge in [-0.1, -0.05) is 0 Å². The smallest absolute Gasteiger partial charge is 0.125 e. The summed E-state index contributed by atoms with van der Waals surface area (Å²) in [4.78, 5) is 4.85. The maximum absolute atomic E-state index is 13.6. The van der Waals surface area contributed by atoms with E-state index in [-0.39, 0.29) is 5.82 Å². The minimum absolute atomic E-state index is 0.159. The largest absolute Gasteiger partial charge is 0.341 e. The summed E-state index contributed by atoms with van der Waals surface area (Å²) in [5, 5.41) is 1.13. The van der Waals surface area contributed by atoms with Gasteiger partial charge in [-0.15, -0.1) is 0 Å². The molecule has 0 atom stereocenters. The fourth-order valence-electron chi connectivity index (χ4n) is 3.22. The van der Waals surface area contributed by atoms with Crippen molar-refractivity contribution in [2.24, 2.45) is 0 Å². The predicted molar refractivity (Wildman–Crippen MR) is 85.1 cm³/mol. The van der Waals surface area contributed by atoms with Crippen LogP contribution in [0.25, 0.3) is 10.9 Å². The molecule has 1 aliphatic heterocycles. The molecule has 0 bridgehead atoms. The van der Waals surface area contributed by atoms with E-state index in [1.807, 2.05) is 6.07 Å². The number of benzene rings is 1. The zero-order valence-electron chi connectivity index (χ0n) is 13.1. The zero-order chi connectivity index (χ0) is 15.0. The summed E-state index contributed by atoms with van der Waals surface area (Å²) in [5.74, 6) is -0.159. The molecule has 2 aromatic rings. The van der Waals surface area contributed by atoms with Gasteiger partial charge >= 0.3 is 0 Å². The quantitative estimate of drug-likeness (QED) is 0.860. The summed E-state index contributed by atoms with van der Waals surface area (Å²) in [6, 6.07) is 7.64. The molecule has 3 nitrogen and oxygen atoms in total. The lowest BCUT2D eigenvalue weighted by atomic mass is 10.2. The lowest BCUT2D eigenvalue weighted by Gasteiger charge is -2.32. The van der Waals surface area contributed by atoms with Crippen LogP contribution in [-0.2, 0) is 6.54 Å². The van der Waals surface area contributed by atoms with Crippen molar-refractivity contribution in [1.82, 2.24) is 14.4 Å². The average Bonchev–Trinajstić information content (AvgIpc) is 2.78. The summed E-state index contributed by atoms with van der Waals surface area (Å²) < 4.78 is 15.8. The fourth-order valence-corrected chi connectivity index (χ4v) is 3.22. The zero-order valence-corrected chi connectivity index (χ0v) is 13.1. The molecule has 114 valence electrons. The highest BCUT2D eigenvalue weighted by molar-refractivity contribution is 5.81. The third kappa shape index (κ3) is 2.97. The van der Waals surface area contributed by atoms with Crippen LogP contribution in [-0.4, -0.2) is 47.6 Å². The first kappa shape index (κ1) is 14.5. The first-order chi connectivity index (χ1) is 10.0. The molecule has 3 rings (SSSR count). The van der Waals surface area contributed by atoms with Crippen molar-refractivity contribution in [2.75, 3.05) is 33.2 Å². The Balaban J connectivity index is 1.92. The molecule has 21 heavy (non-hydrogen) atoms. The Morgan fingerprint density at radius 2 is 1.81 bits per heavy atom. The third-order valence-electron chi connectivity index (χ3n) is 4.38. The normalized spacial score (nSPS) is 18.0. The van der Waals surface area contributed by atoms with Gasteiger partial charge in [-0.2, -0.15) is 0 Å². The molecule has 2 heterocycles. The topological polar surface area (TPSA) is 11.4 Å². The van der Waals surface area contributed by atoms with Crippen LogP contribution in [0.2, 0.25) is 0 Å². The van der Waals surface area contributed by atoms with E-state index in [0.717, 1.165) is 43.6 Å². The van der Waals surface area contributed by atoms with Crippen molar-refractivity contribution in [2.45, 2.75) is 26.4 Å². The molecular weight excluding hydrogens is 265 g/mol. The van der Waals surface area contributed by atoms with Crippen LogP contribution in [0.15, 0.2) is 24.3 Å². The van der Waals surface area contributed by atoms with E-state index in [9.17, 15) is 4.39 Å². The lowest BCUT2D eigenvalue weighted by molar-refractivity contribution is 0.145. The lowest BCUT2D eigenvalue weighted by Crippen LogP contribution is -2.44. The number of rotatable bonds is 3. The molecule has 0 N–H and O–H groups in total.